The number of amides is 1. The monoisotopic (exact) mass is 373 g/mol. The van der Waals surface area contributed by atoms with Crippen LogP contribution in [0.15, 0.2) is 36.4 Å². The molecule has 0 unspecified atom stereocenters. The molecule has 8 nitrogen and oxygen atoms in total. The number of hydrogen-bond donors (Lipinski definition) is 1. The minimum Gasteiger partial charge on any atom is -0.493 e. The average molecular weight is 373 g/mol. The fourth-order valence-electron chi connectivity index (χ4n) is 2.48. The van der Waals surface area contributed by atoms with Gasteiger partial charge in [0.25, 0.3) is 5.91 Å². The van der Waals surface area contributed by atoms with Crippen molar-refractivity contribution in [3.05, 3.63) is 47.5 Å². The van der Waals surface area contributed by atoms with Crippen molar-refractivity contribution in [1.82, 2.24) is 5.32 Å². The smallest absolute Gasteiger partial charge is 0.338 e. The highest BCUT2D eigenvalue weighted by atomic mass is 16.7. The molecule has 0 aromatic heterocycles. The maximum absolute atomic E-state index is 12.0. The SMILES string of the molecule is COc1ccc(CNC(=O)COC(=O)c2ccc3c(c2)OCO3)cc1OC. The third-order valence-corrected chi connectivity index (χ3v) is 3.88. The number of benzene rings is 2. The van der Waals surface area contributed by atoms with Crippen molar-refractivity contribution in [3.63, 3.8) is 0 Å². The van der Waals surface area contributed by atoms with E-state index < -0.39 is 11.9 Å². The first-order chi connectivity index (χ1) is 13.1. The van der Waals surface area contributed by atoms with Crippen LogP contribution in [0.4, 0.5) is 0 Å². The van der Waals surface area contributed by atoms with Crippen LogP contribution in [0.25, 0.3) is 0 Å². The summed E-state index contributed by atoms with van der Waals surface area (Å²) in [5, 5.41) is 2.68. The van der Waals surface area contributed by atoms with Gasteiger partial charge in [-0.1, -0.05) is 6.07 Å². The Labute approximate surface area is 155 Å². The van der Waals surface area contributed by atoms with E-state index in [9.17, 15) is 9.59 Å². The van der Waals surface area contributed by atoms with Crippen LogP contribution in [0.2, 0.25) is 0 Å². The van der Waals surface area contributed by atoms with E-state index in [1.165, 1.54) is 13.2 Å². The van der Waals surface area contributed by atoms with Crippen LogP contribution in [0.5, 0.6) is 23.0 Å². The van der Waals surface area contributed by atoms with Crippen molar-refractivity contribution >= 4 is 11.9 Å². The molecular weight excluding hydrogens is 354 g/mol. The van der Waals surface area contributed by atoms with Crippen LogP contribution in [0.1, 0.15) is 15.9 Å². The van der Waals surface area contributed by atoms with Gasteiger partial charge in [-0.25, -0.2) is 4.79 Å². The van der Waals surface area contributed by atoms with E-state index >= 15 is 0 Å². The number of ether oxygens (including phenoxy) is 5. The second-order valence-corrected chi connectivity index (χ2v) is 5.61. The first-order valence-electron chi connectivity index (χ1n) is 8.15. The Morgan fingerprint density at radius 3 is 2.56 bits per heavy atom. The van der Waals surface area contributed by atoms with Gasteiger partial charge in [0.2, 0.25) is 6.79 Å². The second-order valence-electron chi connectivity index (χ2n) is 5.61. The number of methoxy groups -OCH3 is 2. The predicted molar refractivity (Wildman–Crippen MR) is 94.2 cm³/mol. The molecule has 0 saturated heterocycles. The number of fused-ring (bicyclic) bond motifs is 1. The topological polar surface area (TPSA) is 92.3 Å². The molecule has 2 aromatic rings. The lowest BCUT2D eigenvalue weighted by atomic mass is 10.2. The lowest BCUT2D eigenvalue weighted by Crippen LogP contribution is -2.28. The van der Waals surface area contributed by atoms with Crippen LogP contribution in [-0.4, -0.2) is 39.5 Å². The van der Waals surface area contributed by atoms with E-state index in [0.29, 0.717) is 23.0 Å². The Hall–Kier alpha value is -3.42. The molecule has 3 rings (SSSR count). The molecule has 1 aliphatic rings. The van der Waals surface area contributed by atoms with Gasteiger partial charge in [0.1, 0.15) is 0 Å². The summed E-state index contributed by atoms with van der Waals surface area (Å²) < 4.78 is 25.8. The van der Waals surface area contributed by atoms with Crippen LogP contribution in [-0.2, 0) is 16.1 Å². The number of esters is 1. The van der Waals surface area contributed by atoms with Crippen molar-refractivity contribution in [2.75, 3.05) is 27.6 Å². The van der Waals surface area contributed by atoms with Crippen LogP contribution in [0.3, 0.4) is 0 Å². The molecule has 1 N–H and O–H groups in total. The van der Waals surface area contributed by atoms with E-state index in [4.69, 9.17) is 23.7 Å². The Balaban J connectivity index is 1.49. The molecule has 1 heterocycles. The summed E-state index contributed by atoms with van der Waals surface area (Å²) in [7, 11) is 3.09. The number of nitrogens with one attached hydrogen (secondary N) is 1. The zero-order valence-corrected chi connectivity index (χ0v) is 14.9. The first kappa shape index (κ1) is 18.4. The highest BCUT2D eigenvalue weighted by Crippen LogP contribution is 2.32. The summed E-state index contributed by atoms with van der Waals surface area (Å²) in [6.45, 7) is -0.00624. The van der Waals surface area contributed by atoms with Gasteiger partial charge in [0, 0.05) is 6.54 Å². The molecule has 0 saturated carbocycles. The zero-order valence-electron chi connectivity index (χ0n) is 14.9. The van der Waals surface area contributed by atoms with Gasteiger partial charge >= 0.3 is 5.97 Å². The van der Waals surface area contributed by atoms with Gasteiger partial charge < -0.3 is 29.0 Å². The average Bonchev–Trinajstić information content (AvgIpc) is 3.17. The van der Waals surface area contributed by atoms with Gasteiger partial charge in [-0.05, 0) is 35.9 Å². The summed E-state index contributed by atoms with van der Waals surface area (Å²) in [5.74, 6) is 1.18. The summed E-state index contributed by atoms with van der Waals surface area (Å²) >= 11 is 0. The molecule has 0 atom stereocenters. The predicted octanol–water partition coefficient (Wildman–Crippen LogP) is 1.91. The number of rotatable bonds is 7. The van der Waals surface area contributed by atoms with Crippen molar-refractivity contribution < 1.29 is 33.3 Å². The molecule has 0 bridgehead atoms. The number of hydrogen-bond acceptors (Lipinski definition) is 7. The third-order valence-electron chi connectivity index (χ3n) is 3.88. The molecule has 2 aromatic carbocycles. The van der Waals surface area contributed by atoms with E-state index in [0.717, 1.165) is 5.56 Å². The second kappa shape index (κ2) is 8.31. The molecule has 1 aliphatic heterocycles. The maximum Gasteiger partial charge on any atom is 0.338 e. The molecule has 0 aliphatic carbocycles. The minimum atomic E-state index is -0.616. The molecule has 8 heteroatoms. The van der Waals surface area contributed by atoms with Crippen LogP contribution < -0.4 is 24.3 Å². The Bertz CT molecular complexity index is 850. The molecule has 0 radical (unpaired) electrons. The molecule has 0 spiro atoms. The molecular formula is C19H19NO7. The van der Waals surface area contributed by atoms with Crippen molar-refractivity contribution in [3.8, 4) is 23.0 Å². The van der Waals surface area contributed by atoms with Gasteiger partial charge in [0.15, 0.2) is 29.6 Å². The van der Waals surface area contributed by atoms with E-state index in [2.05, 4.69) is 5.32 Å². The van der Waals surface area contributed by atoms with Crippen molar-refractivity contribution in [2.45, 2.75) is 6.54 Å². The number of carbonyl (C=O) groups is 2. The summed E-state index contributed by atoms with van der Waals surface area (Å²) in [6, 6.07) is 10.0. The Kier molecular flexibility index (Phi) is 5.65. The van der Waals surface area contributed by atoms with Gasteiger partial charge in [-0.3, -0.25) is 4.79 Å². The van der Waals surface area contributed by atoms with Gasteiger partial charge in [0.05, 0.1) is 19.8 Å². The highest BCUT2D eigenvalue weighted by molar-refractivity contribution is 5.92. The summed E-state index contributed by atoms with van der Waals surface area (Å²) in [5.41, 5.74) is 1.11. The number of carbonyl (C=O) groups excluding carboxylic acids is 2. The van der Waals surface area contributed by atoms with Gasteiger partial charge in [-0.2, -0.15) is 0 Å². The van der Waals surface area contributed by atoms with Crippen LogP contribution in [0, 0.1) is 0 Å². The van der Waals surface area contributed by atoms with Crippen molar-refractivity contribution in [1.29, 1.82) is 0 Å². The minimum absolute atomic E-state index is 0.117. The molecule has 27 heavy (non-hydrogen) atoms. The Morgan fingerprint density at radius 1 is 1.00 bits per heavy atom. The normalized spacial score (nSPS) is 11.6. The standard InChI is InChI=1S/C19H19NO7/c1-23-14-5-3-12(7-16(14)24-2)9-20-18(21)10-25-19(22)13-4-6-15-17(8-13)27-11-26-15/h3-8H,9-11H2,1-2H3,(H,20,21). The van der Waals surface area contributed by atoms with E-state index in [1.54, 1.807) is 37.4 Å². The quantitative estimate of drug-likeness (QED) is 0.741. The lowest BCUT2D eigenvalue weighted by Gasteiger charge is -2.10. The van der Waals surface area contributed by atoms with Crippen LogP contribution >= 0.6 is 0 Å². The summed E-state index contributed by atoms with van der Waals surface area (Å²) in [4.78, 5) is 24.0. The maximum atomic E-state index is 12.0. The molecule has 1 amide bonds. The zero-order chi connectivity index (χ0) is 19.2. The summed E-state index contributed by atoms with van der Waals surface area (Å²) in [6.07, 6.45) is 0. The van der Waals surface area contributed by atoms with Gasteiger partial charge in [-0.15, -0.1) is 0 Å². The van der Waals surface area contributed by atoms with E-state index in [1.807, 2.05) is 0 Å². The fourth-order valence-corrected chi connectivity index (χ4v) is 2.48. The molecule has 0 fully saturated rings. The largest absolute Gasteiger partial charge is 0.493 e. The fraction of sp³-hybridized carbons (Fsp3) is 0.263. The Morgan fingerprint density at radius 2 is 1.78 bits per heavy atom. The molecule has 142 valence electrons. The lowest BCUT2D eigenvalue weighted by molar-refractivity contribution is -0.124. The third kappa shape index (κ3) is 4.41. The highest BCUT2D eigenvalue weighted by Gasteiger charge is 2.17. The first-order valence-corrected chi connectivity index (χ1v) is 8.15. The van der Waals surface area contributed by atoms with Crippen molar-refractivity contribution in [2.24, 2.45) is 0 Å². The van der Waals surface area contributed by atoms with E-state index in [-0.39, 0.29) is 25.5 Å².